The third-order valence-electron chi connectivity index (χ3n) is 3.28. The van der Waals surface area contributed by atoms with E-state index in [1.807, 2.05) is 11.3 Å². The van der Waals surface area contributed by atoms with Gasteiger partial charge in [0.15, 0.2) is 0 Å². The van der Waals surface area contributed by atoms with Crippen molar-refractivity contribution in [3.63, 3.8) is 0 Å². The molecule has 0 N–H and O–H groups in total. The summed E-state index contributed by atoms with van der Waals surface area (Å²) in [5.41, 5.74) is 2.78. The SMILES string of the molecule is CC1C=Cc2sc3c(c2C=C1)C=C[C@H](C)C=C3. The number of allylic oxidation sites excluding steroid dienone is 4. The van der Waals surface area contributed by atoms with Gasteiger partial charge in [-0.25, -0.2) is 0 Å². The molecule has 1 heteroatoms. The van der Waals surface area contributed by atoms with Gasteiger partial charge < -0.3 is 0 Å². The van der Waals surface area contributed by atoms with E-state index >= 15 is 0 Å². The fourth-order valence-electron chi connectivity index (χ4n) is 2.19. The molecule has 0 fully saturated rings. The van der Waals surface area contributed by atoms with Crippen LogP contribution in [0.2, 0.25) is 0 Å². The first-order chi connectivity index (χ1) is 8.24. The molecule has 1 aromatic rings. The van der Waals surface area contributed by atoms with Crippen molar-refractivity contribution in [3.8, 4) is 0 Å². The predicted octanol–water partition coefficient (Wildman–Crippen LogP) is 5.10. The van der Waals surface area contributed by atoms with Gasteiger partial charge in [0.05, 0.1) is 0 Å². The molecule has 0 saturated heterocycles. The first-order valence-corrected chi connectivity index (χ1v) is 6.95. The van der Waals surface area contributed by atoms with E-state index in [1.165, 1.54) is 20.9 Å². The summed E-state index contributed by atoms with van der Waals surface area (Å²) in [6.07, 6.45) is 18.2. The zero-order chi connectivity index (χ0) is 11.8. The van der Waals surface area contributed by atoms with Crippen molar-refractivity contribution in [2.24, 2.45) is 11.8 Å². The standard InChI is InChI=1S/C16H16S/c1-11-3-7-13-14-8-4-12(2)6-10-16(14)17-15(13)9-5-11/h3-12H,1-2H3/t11-,12?/m0/s1. The fourth-order valence-corrected chi connectivity index (χ4v) is 3.29. The van der Waals surface area contributed by atoms with Crippen LogP contribution < -0.4 is 0 Å². The van der Waals surface area contributed by atoms with E-state index in [0.29, 0.717) is 11.8 Å². The number of rotatable bonds is 0. The molecule has 86 valence electrons. The van der Waals surface area contributed by atoms with Crippen molar-refractivity contribution in [1.82, 2.24) is 0 Å². The van der Waals surface area contributed by atoms with Crippen molar-refractivity contribution in [2.45, 2.75) is 13.8 Å². The van der Waals surface area contributed by atoms with Crippen molar-refractivity contribution >= 4 is 35.6 Å². The van der Waals surface area contributed by atoms with Crippen molar-refractivity contribution < 1.29 is 0 Å². The molecule has 0 aliphatic heterocycles. The molecule has 1 aromatic heterocycles. The van der Waals surface area contributed by atoms with Gasteiger partial charge in [0.25, 0.3) is 0 Å². The number of fused-ring (bicyclic) bond motifs is 3. The molecule has 0 amide bonds. The first-order valence-electron chi connectivity index (χ1n) is 6.13. The molecule has 0 saturated carbocycles. The van der Waals surface area contributed by atoms with Gasteiger partial charge in [0.2, 0.25) is 0 Å². The zero-order valence-corrected chi connectivity index (χ0v) is 11.0. The van der Waals surface area contributed by atoms with E-state index in [0.717, 1.165) is 0 Å². The summed E-state index contributed by atoms with van der Waals surface area (Å²) in [4.78, 5) is 2.78. The molecule has 17 heavy (non-hydrogen) atoms. The van der Waals surface area contributed by atoms with Crippen LogP contribution in [0, 0.1) is 11.8 Å². The number of hydrogen-bond acceptors (Lipinski definition) is 1. The monoisotopic (exact) mass is 240 g/mol. The highest BCUT2D eigenvalue weighted by molar-refractivity contribution is 7.14. The molecule has 2 aliphatic carbocycles. The van der Waals surface area contributed by atoms with Crippen LogP contribution in [0.4, 0.5) is 0 Å². The summed E-state index contributed by atoms with van der Waals surface area (Å²) in [5, 5.41) is 0. The minimum atomic E-state index is 0.537. The molecular formula is C16H16S. The molecule has 1 heterocycles. The summed E-state index contributed by atoms with van der Waals surface area (Å²) in [6.45, 7) is 4.44. The Kier molecular flexibility index (Phi) is 2.64. The predicted molar refractivity (Wildman–Crippen MR) is 78.8 cm³/mol. The Bertz CT molecular complexity index is 504. The summed E-state index contributed by atoms with van der Waals surface area (Å²) in [5.74, 6) is 1.07. The molecular weight excluding hydrogens is 224 g/mol. The van der Waals surface area contributed by atoms with E-state index in [1.54, 1.807) is 0 Å². The quantitative estimate of drug-likeness (QED) is 0.592. The smallest absolute Gasteiger partial charge is 0.0352 e. The lowest BCUT2D eigenvalue weighted by Crippen LogP contribution is -1.80. The second-order valence-corrected chi connectivity index (χ2v) is 5.90. The first kappa shape index (κ1) is 10.8. The summed E-state index contributed by atoms with van der Waals surface area (Å²) < 4.78 is 0. The highest BCUT2D eigenvalue weighted by Crippen LogP contribution is 2.36. The van der Waals surface area contributed by atoms with Crippen LogP contribution in [0.25, 0.3) is 24.3 Å². The topological polar surface area (TPSA) is 0 Å². The minimum absolute atomic E-state index is 0.537. The van der Waals surface area contributed by atoms with Crippen LogP contribution in [0.15, 0.2) is 24.3 Å². The Morgan fingerprint density at radius 2 is 1.12 bits per heavy atom. The Morgan fingerprint density at radius 3 is 1.59 bits per heavy atom. The lowest BCUT2D eigenvalue weighted by Gasteiger charge is -1.96. The highest BCUT2D eigenvalue weighted by Gasteiger charge is 2.14. The third kappa shape index (κ3) is 1.96. The normalized spacial score (nSPS) is 25.3. The number of hydrogen-bond donors (Lipinski definition) is 0. The van der Waals surface area contributed by atoms with Crippen LogP contribution in [0.5, 0.6) is 0 Å². The van der Waals surface area contributed by atoms with E-state index in [2.05, 4.69) is 62.5 Å². The maximum absolute atomic E-state index is 2.28. The van der Waals surface area contributed by atoms with Gasteiger partial charge in [0, 0.05) is 9.75 Å². The molecule has 0 radical (unpaired) electrons. The van der Waals surface area contributed by atoms with Gasteiger partial charge in [-0.1, -0.05) is 50.3 Å². The second-order valence-electron chi connectivity index (χ2n) is 4.81. The van der Waals surface area contributed by atoms with Gasteiger partial charge >= 0.3 is 0 Å². The van der Waals surface area contributed by atoms with Crippen LogP contribution in [-0.4, -0.2) is 0 Å². The summed E-state index contributed by atoms with van der Waals surface area (Å²) >= 11 is 1.89. The van der Waals surface area contributed by atoms with E-state index < -0.39 is 0 Å². The lowest BCUT2D eigenvalue weighted by molar-refractivity contribution is 0.953. The van der Waals surface area contributed by atoms with Gasteiger partial charge in [0.1, 0.15) is 0 Å². The van der Waals surface area contributed by atoms with E-state index in [-0.39, 0.29) is 0 Å². The van der Waals surface area contributed by atoms with Gasteiger partial charge in [-0.3, -0.25) is 0 Å². The summed E-state index contributed by atoms with van der Waals surface area (Å²) in [6, 6.07) is 0. The minimum Gasteiger partial charge on any atom is -0.135 e. The molecule has 1 unspecified atom stereocenters. The van der Waals surface area contributed by atoms with E-state index in [9.17, 15) is 0 Å². The molecule has 0 nitrogen and oxygen atoms in total. The van der Waals surface area contributed by atoms with Crippen molar-refractivity contribution in [3.05, 3.63) is 45.2 Å². The van der Waals surface area contributed by atoms with Crippen LogP contribution in [-0.2, 0) is 0 Å². The van der Waals surface area contributed by atoms with Gasteiger partial charge in [-0.2, -0.15) is 0 Å². The van der Waals surface area contributed by atoms with Crippen molar-refractivity contribution in [2.75, 3.05) is 0 Å². The summed E-state index contributed by atoms with van der Waals surface area (Å²) in [7, 11) is 0. The van der Waals surface area contributed by atoms with Crippen LogP contribution >= 0.6 is 11.3 Å². The largest absolute Gasteiger partial charge is 0.135 e. The van der Waals surface area contributed by atoms with Gasteiger partial charge in [-0.15, -0.1) is 11.3 Å². The molecule has 0 aromatic carbocycles. The maximum atomic E-state index is 2.28. The zero-order valence-electron chi connectivity index (χ0n) is 10.2. The molecule has 0 spiro atoms. The molecule has 0 bridgehead atoms. The molecule has 2 atom stereocenters. The Labute approximate surface area is 107 Å². The Morgan fingerprint density at radius 1 is 0.706 bits per heavy atom. The van der Waals surface area contributed by atoms with Crippen LogP contribution in [0.1, 0.15) is 34.7 Å². The highest BCUT2D eigenvalue weighted by atomic mass is 32.1. The fraction of sp³-hybridized carbons (Fsp3) is 0.250. The average Bonchev–Trinajstić information content (AvgIpc) is 2.44. The third-order valence-corrected chi connectivity index (χ3v) is 4.43. The average molecular weight is 240 g/mol. The van der Waals surface area contributed by atoms with E-state index in [4.69, 9.17) is 0 Å². The molecule has 3 rings (SSSR count). The van der Waals surface area contributed by atoms with Gasteiger partial charge in [-0.05, 0) is 35.1 Å². The Balaban J connectivity index is 2.17. The maximum Gasteiger partial charge on any atom is 0.0352 e. The van der Waals surface area contributed by atoms with Crippen molar-refractivity contribution in [1.29, 1.82) is 0 Å². The number of thiophene rings is 1. The van der Waals surface area contributed by atoms with Crippen LogP contribution in [0.3, 0.4) is 0 Å². The Hall–Kier alpha value is -1.34. The second kappa shape index (κ2) is 4.15. The molecule has 2 aliphatic rings. The lowest BCUT2D eigenvalue weighted by atomic mass is 10.1.